The quantitative estimate of drug-likeness (QED) is 0.814. The molecular weight excluding hydrogens is 275 g/mol. The van der Waals surface area contributed by atoms with Crippen molar-refractivity contribution < 1.29 is 9.53 Å². The van der Waals surface area contributed by atoms with Crippen LogP contribution in [0.4, 0.5) is 0 Å². The summed E-state index contributed by atoms with van der Waals surface area (Å²) < 4.78 is 6.56. The van der Waals surface area contributed by atoms with Gasteiger partial charge in [0.15, 0.2) is 11.4 Å². The molecule has 1 aromatic heterocycles. The number of hydrogen-bond acceptors (Lipinski definition) is 3. The SMILES string of the molecule is COc1cnn(C)c1C(=O)c1ccc(Cl)c(Cl)c1. The number of ether oxygens (including phenoxy) is 1. The van der Waals surface area contributed by atoms with Gasteiger partial charge in [-0.15, -0.1) is 0 Å². The molecule has 0 aliphatic rings. The molecule has 94 valence electrons. The molecule has 1 aromatic carbocycles. The van der Waals surface area contributed by atoms with Gasteiger partial charge in [-0.25, -0.2) is 0 Å². The van der Waals surface area contributed by atoms with Crippen molar-refractivity contribution in [1.29, 1.82) is 0 Å². The summed E-state index contributed by atoms with van der Waals surface area (Å²) in [5, 5.41) is 4.73. The van der Waals surface area contributed by atoms with Crippen molar-refractivity contribution in [3.05, 3.63) is 45.7 Å². The van der Waals surface area contributed by atoms with Gasteiger partial charge in [-0.2, -0.15) is 5.10 Å². The molecule has 0 spiro atoms. The molecule has 0 atom stereocenters. The Kier molecular flexibility index (Phi) is 3.59. The third-order valence-electron chi connectivity index (χ3n) is 2.52. The topological polar surface area (TPSA) is 44.1 Å². The molecule has 0 unspecified atom stereocenters. The number of aryl methyl sites for hydroxylation is 1. The Morgan fingerprint density at radius 1 is 1.33 bits per heavy atom. The minimum atomic E-state index is -0.217. The third-order valence-corrected chi connectivity index (χ3v) is 3.26. The van der Waals surface area contributed by atoms with Gasteiger partial charge in [0.05, 0.1) is 23.4 Å². The summed E-state index contributed by atoms with van der Waals surface area (Å²) in [4.78, 5) is 12.3. The summed E-state index contributed by atoms with van der Waals surface area (Å²) in [6.07, 6.45) is 1.49. The van der Waals surface area contributed by atoms with Gasteiger partial charge >= 0.3 is 0 Å². The van der Waals surface area contributed by atoms with Crippen LogP contribution in [0.2, 0.25) is 10.0 Å². The van der Waals surface area contributed by atoms with Crippen LogP contribution in [0.25, 0.3) is 0 Å². The number of carbonyl (C=O) groups excluding carboxylic acids is 1. The van der Waals surface area contributed by atoms with Gasteiger partial charge in [-0.3, -0.25) is 9.48 Å². The lowest BCUT2D eigenvalue weighted by molar-refractivity contribution is 0.102. The largest absolute Gasteiger partial charge is 0.493 e. The molecule has 0 aliphatic carbocycles. The average Bonchev–Trinajstić information content (AvgIpc) is 2.73. The van der Waals surface area contributed by atoms with Gasteiger partial charge in [-0.1, -0.05) is 23.2 Å². The summed E-state index contributed by atoms with van der Waals surface area (Å²) in [6, 6.07) is 4.72. The van der Waals surface area contributed by atoms with Gasteiger partial charge in [0.25, 0.3) is 0 Å². The summed E-state index contributed by atoms with van der Waals surface area (Å²) in [5.41, 5.74) is 0.808. The van der Waals surface area contributed by atoms with E-state index in [0.29, 0.717) is 27.1 Å². The highest BCUT2D eigenvalue weighted by atomic mass is 35.5. The highest BCUT2D eigenvalue weighted by molar-refractivity contribution is 6.42. The minimum absolute atomic E-state index is 0.217. The van der Waals surface area contributed by atoms with Crippen molar-refractivity contribution in [1.82, 2.24) is 9.78 Å². The second kappa shape index (κ2) is 5.00. The Bertz CT molecular complexity index is 608. The zero-order valence-electron chi connectivity index (χ0n) is 9.78. The molecule has 0 saturated heterocycles. The number of aromatic nitrogens is 2. The first-order chi connectivity index (χ1) is 8.54. The fourth-order valence-corrected chi connectivity index (χ4v) is 1.90. The zero-order valence-corrected chi connectivity index (χ0v) is 11.3. The van der Waals surface area contributed by atoms with Crippen molar-refractivity contribution in [2.75, 3.05) is 7.11 Å². The average molecular weight is 285 g/mol. The molecular formula is C12H10Cl2N2O2. The Hall–Kier alpha value is -1.52. The van der Waals surface area contributed by atoms with E-state index in [4.69, 9.17) is 27.9 Å². The van der Waals surface area contributed by atoms with Crippen LogP contribution in [-0.4, -0.2) is 22.7 Å². The van der Waals surface area contributed by atoms with Crippen LogP contribution in [-0.2, 0) is 7.05 Å². The molecule has 0 bridgehead atoms. The van der Waals surface area contributed by atoms with Crippen LogP contribution in [0.3, 0.4) is 0 Å². The lowest BCUT2D eigenvalue weighted by Gasteiger charge is -2.05. The van der Waals surface area contributed by atoms with Crippen molar-refractivity contribution in [3.63, 3.8) is 0 Å². The number of hydrogen-bond donors (Lipinski definition) is 0. The number of benzene rings is 1. The monoisotopic (exact) mass is 284 g/mol. The van der Waals surface area contributed by atoms with E-state index in [9.17, 15) is 4.79 Å². The van der Waals surface area contributed by atoms with Gasteiger partial charge in [0.2, 0.25) is 5.78 Å². The lowest BCUT2D eigenvalue weighted by atomic mass is 10.1. The summed E-state index contributed by atoms with van der Waals surface area (Å²) in [7, 11) is 3.16. The number of ketones is 1. The van der Waals surface area contributed by atoms with Crippen molar-refractivity contribution in [2.24, 2.45) is 7.05 Å². The molecule has 6 heteroatoms. The van der Waals surface area contributed by atoms with Crippen LogP contribution in [0.5, 0.6) is 5.75 Å². The second-order valence-corrected chi connectivity index (χ2v) is 4.46. The predicted molar refractivity (Wildman–Crippen MR) is 69.7 cm³/mol. The van der Waals surface area contributed by atoms with E-state index in [0.717, 1.165) is 0 Å². The van der Waals surface area contributed by atoms with E-state index in [2.05, 4.69) is 5.10 Å². The van der Waals surface area contributed by atoms with E-state index >= 15 is 0 Å². The van der Waals surface area contributed by atoms with Gasteiger partial charge in [-0.05, 0) is 18.2 Å². The Morgan fingerprint density at radius 3 is 2.67 bits per heavy atom. The van der Waals surface area contributed by atoms with Crippen LogP contribution in [0.15, 0.2) is 24.4 Å². The van der Waals surface area contributed by atoms with E-state index in [-0.39, 0.29) is 5.78 Å². The molecule has 0 saturated carbocycles. The van der Waals surface area contributed by atoms with E-state index in [1.165, 1.54) is 24.1 Å². The molecule has 4 nitrogen and oxygen atoms in total. The number of rotatable bonds is 3. The molecule has 0 fully saturated rings. The van der Waals surface area contributed by atoms with Crippen LogP contribution in [0.1, 0.15) is 16.1 Å². The molecule has 0 N–H and O–H groups in total. The van der Waals surface area contributed by atoms with Crippen LogP contribution < -0.4 is 4.74 Å². The highest BCUT2D eigenvalue weighted by Crippen LogP contribution is 2.26. The second-order valence-electron chi connectivity index (χ2n) is 3.64. The lowest BCUT2D eigenvalue weighted by Crippen LogP contribution is -2.09. The smallest absolute Gasteiger partial charge is 0.214 e. The molecule has 2 aromatic rings. The first-order valence-electron chi connectivity index (χ1n) is 5.10. The molecule has 0 aliphatic heterocycles. The first-order valence-corrected chi connectivity index (χ1v) is 5.86. The molecule has 2 rings (SSSR count). The maximum Gasteiger partial charge on any atom is 0.214 e. The Balaban J connectivity index is 2.47. The van der Waals surface area contributed by atoms with E-state index < -0.39 is 0 Å². The predicted octanol–water partition coefficient (Wildman–Crippen LogP) is 2.97. The molecule has 0 amide bonds. The third kappa shape index (κ3) is 2.21. The highest BCUT2D eigenvalue weighted by Gasteiger charge is 2.19. The summed E-state index contributed by atoms with van der Waals surface area (Å²) in [6.45, 7) is 0. The standard InChI is InChI=1S/C12H10Cl2N2O2/c1-16-11(10(18-2)6-15-16)12(17)7-3-4-8(13)9(14)5-7/h3-6H,1-2H3. The summed E-state index contributed by atoms with van der Waals surface area (Å²) >= 11 is 11.7. The van der Waals surface area contributed by atoms with Gasteiger partial charge < -0.3 is 4.74 Å². The van der Waals surface area contributed by atoms with Crippen molar-refractivity contribution in [3.8, 4) is 5.75 Å². The fraction of sp³-hybridized carbons (Fsp3) is 0.167. The fourth-order valence-electron chi connectivity index (χ4n) is 1.60. The number of methoxy groups -OCH3 is 1. The molecule has 0 radical (unpaired) electrons. The maximum atomic E-state index is 12.3. The normalized spacial score (nSPS) is 10.4. The number of halogens is 2. The van der Waals surface area contributed by atoms with Crippen LogP contribution in [0, 0.1) is 0 Å². The van der Waals surface area contributed by atoms with E-state index in [1.807, 2.05) is 0 Å². The first kappa shape index (κ1) is 12.9. The molecule has 1 heterocycles. The van der Waals surface area contributed by atoms with Gasteiger partial charge in [0.1, 0.15) is 0 Å². The Morgan fingerprint density at radius 2 is 2.06 bits per heavy atom. The molecule has 18 heavy (non-hydrogen) atoms. The van der Waals surface area contributed by atoms with Crippen molar-refractivity contribution in [2.45, 2.75) is 0 Å². The van der Waals surface area contributed by atoms with Crippen LogP contribution >= 0.6 is 23.2 Å². The maximum absolute atomic E-state index is 12.3. The number of nitrogens with zero attached hydrogens (tertiary/aromatic N) is 2. The summed E-state index contributed by atoms with van der Waals surface area (Å²) in [5.74, 6) is 0.207. The minimum Gasteiger partial charge on any atom is -0.493 e. The van der Waals surface area contributed by atoms with Crippen molar-refractivity contribution >= 4 is 29.0 Å². The number of carbonyl (C=O) groups is 1. The Labute approximate surface area is 114 Å². The zero-order chi connectivity index (χ0) is 13.3. The van der Waals surface area contributed by atoms with E-state index in [1.54, 1.807) is 19.2 Å². The van der Waals surface area contributed by atoms with Gasteiger partial charge in [0, 0.05) is 12.6 Å².